The van der Waals surface area contributed by atoms with Crippen molar-refractivity contribution in [1.29, 1.82) is 5.26 Å². The molecule has 3 rings (SSSR count). The highest BCUT2D eigenvalue weighted by Gasteiger charge is 2.30. The molecule has 1 fully saturated rings. The minimum atomic E-state index is -0.155. The highest BCUT2D eigenvalue weighted by molar-refractivity contribution is 6.06. The summed E-state index contributed by atoms with van der Waals surface area (Å²) in [6, 6.07) is 3.85. The first-order valence-corrected chi connectivity index (χ1v) is 8.38. The molecule has 0 aromatic carbocycles. The zero-order valence-corrected chi connectivity index (χ0v) is 14.5. The van der Waals surface area contributed by atoms with Gasteiger partial charge in [-0.25, -0.2) is 4.98 Å². The summed E-state index contributed by atoms with van der Waals surface area (Å²) in [6.45, 7) is 5.91. The third-order valence-electron chi connectivity index (χ3n) is 4.63. The van der Waals surface area contributed by atoms with Crippen LogP contribution in [-0.4, -0.2) is 34.0 Å². The maximum absolute atomic E-state index is 13.1. The maximum atomic E-state index is 13.1. The first-order valence-electron chi connectivity index (χ1n) is 8.38. The van der Waals surface area contributed by atoms with E-state index in [2.05, 4.69) is 16.2 Å². The first kappa shape index (κ1) is 16.4. The number of nitrogens with zero attached hydrogens (tertiary/aromatic N) is 4. The van der Waals surface area contributed by atoms with Crippen LogP contribution >= 0.6 is 0 Å². The van der Waals surface area contributed by atoms with Gasteiger partial charge in [0.1, 0.15) is 0 Å². The molecule has 0 spiro atoms. The van der Waals surface area contributed by atoms with E-state index in [9.17, 15) is 4.79 Å². The summed E-state index contributed by atoms with van der Waals surface area (Å²) in [5.74, 6) is 0.431. The Morgan fingerprint density at radius 1 is 1.46 bits per heavy atom. The quantitative estimate of drug-likeness (QED) is 0.838. The van der Waals surface area contributed by atoms with Crippen molar-refractivity contribution >= 4 is 17.0 Å². The summed E-state index contributed by atoms with van der Waals surface area (Å²) < 4.78 is 5.42. The molecule has 0 N–H and O–H groups in total. The van der Waals surface area contributed by atoms with Gasteiger partial charge in [-0.05, 0) is 31.7 Å². The maximum Gasteiger partial charge on any atom is 0.259 e. The number of amides is 1. The Labute approximate surface area is 141 Å². The smallest absolute Gasteiger partial charge is 0.259 e. The van der Waals surface area contributed by atoms with Crippen molar-refractivity contribution in [1.82, 2.24) is 15.0 Å². The van der Waals surface area contributed by atoms with Crippen molar-refractivity contribution in [2.24, 2.45) is 0 Å². The molecule has 6 nitrogen and oxygen atoms in total. The van der Waals surface area contributed by atoms with Crippen LogP contribution in [0.4, 0.5) is 0 Å². The summed E-state index contributed by atoms with van der Waals surface area (Å²) in [6.07, 6.45) is 2.49. The van der Waals surface area contributed by atoms with Gasteiger partial charge in [0.2, 0.25) is 0 Å². The van der Waals surface area contributed by atoms with Gasteiger partial charge >= 0.3 is 0 Å². The Kier molecular flexibility index (Phi) is 4.27. The molecule has 1 unspecified atom stereocenters. The van der Waals surface area contributed by atoms with Crippen LogP contribution in [0.25, 0.3) is 11.1 Å². The third kappa shape index (κ3) is 2.86. The fourth-order valence-corrected chi connectivity index (χ4v) is 2.80. The highest BCUT2D eigenvalue weighted by atomic mass is 16.5. The second kappa shape index (κ2) is 6.23. The zero-order valence-electron chi connectivity index (χ0n) is 14.5. The van der Waals surface area contributed by atoms with Gasteiger partial charge in [0, 0.05) is 24.7 Å². The van der Waals surface area contributed by atoms with Gasteiger partial charge in [-0.2, -0.15) is 5.26 Å². The van der Waals surface area contributed by atoms with Gasteiger partial charge in [-0.1, -0.05) is 19.0 Å². The van der Waals surface area contributed by atoms with Crippen molar-refractivity contribution in [3.63, 3.8) is 0 Å². The Hall–Kier alpha value is -2.42. The van der Waals surface area contributed by atoms with Gasteiger partial charge in [-0.15, -0.1) is 0 Å². The Morgan fingerprint density at radius 3 is 2.75 bits per heavy atom. The normalized spacial score (nSPS) is 15.5. The molecule has 24 heavy (non-hydrogen) atoms. The van der Waals surface area contributed by atoms with E-state index in [1.165, 1.54) is 0 Å². The van der Waals surface area contributed by atoms with E-state index in [1.54, 1.807) is 11.9 Å². The molecule has 6 heteroatoms. The largest absolute Gasteiger partial charge is 0.338 e. The molecule has 2 aromatic heterocycles. The van der Waals surface area contributed by atoms with E-state index in [1.807, 2.05) is 26.8 Å². The Morgan fingerprint density at radius 2 is 2.17 bits per heavy atom. The number of aromatic nitrogens is 2. The highest BCUT2D eigenvalue weighted by Crippen LogP contribution is 2.41. The molecular formula is C18H22N4O2. The summed E-state index contributed by atoms with van der Waals surface area (Å²) in [5, 5.41) is 13.7. The Balaban J connectivity index is 2.11. The number of nitriles is 1. The zero-order chi connectivity index (χ0) is 17.4. The molecular weight excluding hydrogens is 304 g/mol. The average molecular weight is 326 g/mol. The molecule has 2 aromatic rings. The van der Waals surface area contributed by atoms with Crippen molar-refractivity contribution in [2.75, 3.05) is 7.05 Å². The van der Waals surface area contributed by atoms with Gasteiger partial charge in [0.25, 0.3) is 11.6 Å². The molecule has 0 aliphatic heterocycles. The molecule has 0 saturated heterocycles. The molecule has 126 valence electrons. The minimum absolute atomic E-state index is 0.114. The number of carbonyl (C=O) groups is 1. The van der Waals surface area contributed by atoms with Crippen LogP contribution in [0.15, 0.2) is 10.6 Å². The van der Waals surface area contributed by atoms with E-state index < -0.39 is 0 Å². The van der Waals surface area contributed by atoms with E-state index in [0.717, 1.165) is 24.2 Å². The molecule has 1 aliphatic carbocycles. The van der Waals surface area contributed by atoms with E-state index >= 15 is 0 Å². The number of pyridine rings is 1. The van der Waals surface area contributed by atoms with Gasteiger partial charge in [0.05, 0.1) is 29.1 Å². The van der Waals surface area contributed by atoms with Crippen molar-refractivity contribution in [3.05, 3.63) is 23.0 Å². The molecule has 1 atom stereocenters. The van der Waals surface area contributed by atoms with Gasteiger partial charge in [0.15, 0.2) is 0 Å². The average Bonchev–Trinajstić information content (AvgIpc) is 3.31. The lowest BCUT2D eigenvalue weighted by Crippen LogP contribution is -2.35. The van der Waals surface area contributed by atoms with Crippen molar-refractivity contribution < 1.29 is 9.32 Å². The van der Waals surface area contributed by atoms with Crippen LogP contribution in [-0.2, 0) is 0 Å². The molecule has 0 radical (unpaired) electrons. The van der Waals surface area contributed by atoms with Crippen molar-refractivity contribution in [3.8, 4) is 6.07 Å². The van der Waals surface area contributed by atoms with Crippen LogP contribution in [0.1, 0.15) is 73.6 Å². The van der Waals surface area contributed by atoms with E-state index in [0.29, 0.717) is 29.0 Å². The standard InChI is InChI=1S/C18H22N4O2/c1-10(2)16-15-13(18(23)22(4)11(3)7-8-19)9-14(12-5-6-12)20-17(15)24-21-16/h9-12H,5-7H2,1-4H3. The lowest BCUT2D eigenvalue weighted by molar-refractivity contribution is 0.0748. The molecule has 1 saturated carbocycles. The minimum Gasteiger partial charge on any atom is -0.338 e. The summed E-state index contributed by atoms with van der Waals surface area (Å²) in [4.78, 5) is 19.3. The molecule has 0 bridgehead atoms. The summed E-state index contributed by atoms with van der Waals surface area (Å²) in [7, 11) is 1.73. The van der Waals surface area contributed by atoms with Gasteiger partial charge in [-0.3, -0.25) is 4.79 Å². The lowest BCUT2D eigenvalue weighted by Gasteiger charge is -2.23. The van der Waals surface area contributed by atoms with Crippen molar-refractivity contribution in [2.45, 2.75) is 57.9 Å². The predicted molar refractivity (Wildman–Crippen MR) is 89.7 cm³/mol. The van der Waals surface area contributed by atoms with Gasteiger partial charge < -0.3 is 9.42 Å². The molecule has 2 heterocycles. The lowest BCUT2D eigenvalue weighted by atomic mass is 10.0. The van der Waals surface area contributed by atoms with E-state index in [4.69, 9.17) is 9.78 Å². The van der Waals surface area contributed by atoms with Crippen LogP contribution in [0.3, 0.4) is 0 Å². The second-order valence-corrected chi connectivity index (χ2v) is 6.90. The number of hydrogen-bond donors (Lipinski definition) is 0. The first-order chi connectivity index (χ1) is 11.4. The summed E-state index contributed by atoms with van der Waals surface area (Å²) >= 11 is 0. The molecule has 1 aliphatic rings. The number of hydrogen-bond acceptors (Lipinski definition) is 5. The predicted octanol–water partition coefficient (Wildman–Crippen LogP) is 3.60. The Bertz CT molecular complexity index is 814. The van der Waals surface area contributed by atoms with Crippen LogP contribution < -0.4 is 0 Å². The van der Waals surface area contributed by atoms with E-state index in [-0.39, 0.29) is 17.9 Å². The SMILES string of the molecule is CC(C)c1noc2nc(C3CC3)cc(C(=O)N(C)C(C)CC#N)c12. The fraction of sp³-hybridized carbons (Fsp3) is 0.556. The number of rotatable bonds is 5. The van der Waals surface area contributed by atoms with Crippen LogP contribution in [0.2, 0.25) is 0 Å². The topological polar surface area (TPSA) is 83.0 Å². The van der Waals surface area contributed by atoms with Crippen LogP contribution in [0, 0.1) is 11.3 Å². The second-order valence-electron chi connectivity index (χ2n) is 6.90. The number of fused-ring (bicyclic) bond motifs is 1. The number of carbonyl (C=O) groups excluding carboxylic acids is 1. The fourth-order valence-electron chi connectivity index (χ4n) is 2.80. The molecule has 1 amide bonds. The van der Waals surface area contributed by atoms with Crippen LogP contribution in [0.5, 0.6) is 0 Å². The monoisotopic (exact) mass is 326 g/mol. The summed E-state index contributed by atoms with van der Waals surface area (Å²) in [5.41, 5.74) is 2.68. The third-order valence-corrected chi connectivity index (χ3v) is 4.63.